The summed E-state index contributed by atoms with van der Waals surface area (Å²) < 4.78 is 11.9. The molecule has 0 aromatic carbocycles. The number of likely N-dealkylation sites (tertiary alicyclic amines) is 1. The first kappa shape index (κ1) is 42.7. The number of halogens is 2. The molecule has 0 saturated carbocycles. The molecule has 0 aliphatic carbocycles. The summed E-state index contributed by atoms with van der Waals surface area (Å²) in [5.74, 6) is -0.0742. The number of nitrogens with zero attached hydrogens (tertiary/aromatic N) is 1. The van der Waals surface area contributed by atoms with E-state index in [2.05, 4.69) is 24.1 Å². The van der Waals surface area contributed by atoms with E-state index in [9.17, 15) is 19.8 Å². The first-order chi connectivity index (χ1) is 21.1. The van der Waals surface area contributed by atoms with Crippen LogP contribution in [0.5, 0.6) is 0 Å². The molecular weight excluding hydrogens is 635 g/mol. The lowest BCUT2D eigenvalue weighted by Crippen LogP contribution is -2.65. The van der Waals surface area contributed by atoms with Crippen LogP contribution in [0.25, 0.3) is 0 Å². The van der Waals surface area contributed by atoms with Gasteiger partial charge in [-0.15, -0.1) is 35.8 Å². The summed E-state index contributed by atoms with van der Waals surface area (Å²) in [5.41, 5.74) is -0.702. The molecule has 45 heavy (non-hydrogen) atoms. The van der Waals surface area contributed by atoms with Crippen molar-refractivity contribution in [2.24, 2.45) is 5.92 Å². The van der Waals surface area contributed by atoms with Crippen LogP contribution < -0.4 is 5.32 Å². The number of rotatable bonds is 22. The van der Waals surface area contributed by atoms with Gasteiger partial charge >= 0.3 is 5.97 Å². The van der Waals surface area contributed by atoms with Gasteiger partial charge in [-0.1, -0.05) is 97.3 Å². The van der Waals surface area contributed by atoms with Crippen LogP contribution in [0.1, 0.15) is 130 Å². The number of aliphatic hydroxyl groups excluding tert-OH is 2. The first-order valence-electron chi connectivity index (χ1n) is 17.5. The van der Waals surface area contributed by atoms with E-state index < -0.39 is 47.2 Å². The lowest BCUT2D eigenvalue weighted by atomic mass is 9.92. The van der Waals surface area contributed by atoms with Crippen LogP contribution in [0.2, 0.25) is 0 Å². The maximum absolute atomic E-state index is 13.3. The highest BCUT2D eigenvalue weighted by Crippen LogP contribution is 2.33. The Hall–Kier alpha value is -0.290. The average Bonchev–Trinajstić information content (AvgIpc) is 3.36. The van der Waals surface area contributed by atoms with Crippen LogP contribution in [0.15, 0.2) is 0 Å². The predicted octanol–water partition coefficient (Wildman–Crippen LogP) is 6.84. The topological polar surface area (TPSA) is 108 Å². The van der Waals surface area contributed by atoms with E-state index in [4.69, 9.17) is 21.1 Å². The lowest BCUT2D eigenvalue weighted by molar-refractivity contribution is -0.218. The highest BCUT2D eigenvalue weighted by Gasteiger charge is 2.50. The van der Waals surface area contributed by atoms with Crippen molar-refractivity contribution in [3.63, 3.8) is 0 Å². The van der Waals surface area contributed by atoms with Crippen LogP contribution in [0, 0.1) is 5.92 Å². The monoisotopic (exact) mass is 698 g/mol. The summed E-state index contributed by atoms with van der Waals surface area (Å²) in [7, 11) is 1.95. The van der Waals surface area contributed by atoms with Crippen LogP contribution in [-0.4, -0.2) is 94.2 Å². The summed E-state index contributed by atoms with van der Waals surface area (Å²) in [4.78, 5) is 28.0. The number of amides is 1. The average molecular weight is 700 g/mol. The third-order valence-corrected chi connectivity index (χ3v) is 10.5. The van der Waals surface area contributed by atoms with Gasteiger partial charge in [0, 0.05) is 13.0 Å². The Labute approximate surface area is 289 Å². The van der Waals surface area contributed by atoms with Gasteiger partial charge in [0.2, 0.25) is 5.91 Å². The molecule has 0 spiro atoms. The van der Waals surface area contributed by atoms with E-state index in [1.165, 1.54) is 76.0 Å². The van der Waals surface area contributed by atoms with Gasteiger partial charge in [-0.05, 0) is 45.4 Å². The molecule has 266 valence electrons. The molecular formula is C34H64Cl2N2O6S. The second kappa shape index (κ2) is 23.9. The number of alkyl halides is 1. The number of aliphatic hydroxyl groups is 2. The number of unbranched alkanes of at least 4 members (excludes halogenated alkanes) is 12. The van der Waals surface area contributed by atoms with E-state index >= 15 is 0 Å². The molecule has 0 unspecified atom stereocenters. The number of likely N-dealkylation sites (N-methyl/N-ethyl adjacent to an activating group) is 1. The quantitative estimate of drug-likeness (QED) is 0.0641. The third kappa shape index (κ3) is 14.8. The second-order valence-corrected chi connectivity index (χ2v) is 14.8. The van der Waals surface area contributed by atoms with Crippen LogP contribution in [0.4, 0.5) is 0 Å². The molecule has 2 heterocycles. The first-order valence-corrected chi connectivity index (χ1v) is 19.2. The molecule has 2 fully saturated rings. The minimum atomic E-state index is -1.38. The summed E-state index contributed by atoms with van der Waals surface area (Å²) in [6.07, 6.45) is 16.3. The van der Waals surface area contributed by atoms with Gasteiger partial charge < -0.3 is 25.0 Å². The predicted molar refractivity (Wildman–Crippen MR) is 188 cm³/mol. The molecule has 0 aromatic rings. The molecule has 2 rings (SSSR count). The van der Waals surface area contributed by atoms with Crippen molar-refractivity contribution in [1.82, 2.24) is 10.2 Å². The summed E-state index contributed by atoms with van der Waals surface area (Å²) in [6.45, 7) is 7.01. The molecule has 0 aromatic heterocycles. The normalized spacial score (nSPS) is 28.3. The summed E-state index contributed by atoms with van der Waals surface area (Å²) in [6, 6.07) is -1.00. The van der Waals surface area contributed by atoms with Crippen molar-refractivity contribution in [3.05, 3.63) is 0 Å². The van der Waals surface area contributed by atoms with Gasteiger partial charge in [0.1, 0.15) is 23.7 Å². The fraction of sp³-hybridized carbons (Fsp3) is 0.941. The third-order valence-electron chi connectivity index (χ3n) is 9.36. The number of thioether (sulfide) groups is 1. The van der Waals surface area contributed by atoms with E-state index in [0.29, 0.717) is 5.92 Å². The van der Waals surface area contributed by atoms with Crippen molar-refractivity contribution < 1.29 is 29.3 Å². The highest BCUT2D eigenvalue weighted by atomic mass is 35.5. The SMILES string of the molecule is CCCCCCCCCCCCCCCC(=O)O[C@@H]1[C@@H](O)[C@@H](O)[C@@H]([C@H](NC(=O)[C@H]2C[C@@H](CCC)CN2C)[C@H](C)Cl)O[C@@H]1SC.Cl. The van der Waals surface area contributed by atoms with E-state index in [-0.39, 0.29) is 30.8 Å². The molecule has 0 radical (unpaired) electrons. The maximum atomic E-state index is 13.3. The molecule has 8 nitrogen and oxygen atoms in total. The molecule has 1 amide bonds. The fourth-order valence-corrected chi connectivity index (χ4v) is 7.65. The zero-order chi connectivity index (χ0) is 32.5. The summed E-state index contributed by atoms with van der Waals surface area (Å²) >= 11 is 7.82. The van der Waals surface area contributed by atoms with Crippen molar-refractivity contribution in [3.8, 4) is 0 Å². The molecule has 0 bridgehead atoms. The Morgan fingerprint density at radius 3 is 2.02 bits per heavy atom. The minimum absolute atomic E-state index is 0. The minimum Gasteiger partial charge on any atom is -0.456 e. The fourth-order valence-electron chi connectivity index (χ4n) is 6.72. The van der Waals surface area contributed by atoms with Crippen molar-refractivity contribution in [2.45, 2.75) is 177 Å². The van der Waals surface area contributed by atoms with Gasteiger partial charge in [0.25, 0.3) is 0 Å². The van der Waals surface area contributed by atoms with E-state index in [1.54, 1.807) is 13.2 Å². The van der Waals surface area contributed by atoms with Crippen LogP contribution in [0.3, 0.4) is 0 Å². The van der Waals surface area contributed by atoms with Gasteiger partial charge in [0.05, 0.1) is 17.5 Å². The zero-order valence-electron chi connectivity index (χ0n) is 28.6. The Kier molecular flexibility index (Phi) is 22.7. The molecule has 9 atom stereocenters. The van der Waals surface area contributed by atoms with Crippen molar-refractivity contribution >= 4 is 47.6 Å². The Morgan fingerprint density at radius 2 is 1.51 bits per heavy atom. The summed E-state index contributed by atoms with van der Waals surface area (Å²) in [5, 5.41) is 24.6. The molecule has 3 N–H and O–H groups in total. The number of ether oxygens (including phenoxy) is 2. The number of hydrogen-bond acceptors (Lipinski definition) is 8. The Morgan fingerprint density at radius 1 is 0.956 bits per heavy atom. The molecule has 11 heteroatoms. The van der Waals surface area contributed by atoms with Crippen LogP contribution >= 0.6 is 35.8 Å². The number of carbonyl (C=O) groups is 2. The smallest absolute Gasteiger partial charge is 0.306 e. The van der Waals surface area contributed by atoms with Crippen molar-refractivity contribution in [2.75, 3.05) is 19.8 Å². The maximum Gasteiger partial charge on any atom is 0.306 e. The van der Waals surface area contributed by atoms with E-state index in [0.717, 1.165) is 45.1 Å². The van der Waals surface area contributed by atoms with Crippen molar-refractivity contribution in [1.29, 1.82) is 0 Å². The lowest BCUT2D eigenvalue weighted by Gasteiger charge is -2.45. The zero-order valence-corrected chi connectivity index (χ0v) is 31.0. The van der Waals surface area contributed by atoms with Gasteiger partial charge in [-0.3, -0.25) is 14.5 Å². The van der Waals surface area contributed by atoms with Gasteiger partial charge in [-0.2, -0.15) is 0 Å². The number of esters is 1. The largest absolute Gasteiger partial charge is 0.456 e. The van der Waals surface area contributed by atoms with Gasteiger partial charge in [-0.25, -0.2) is 0 Å². The Bertz CT molecular complexity index is 811. The van der Waals surface area contributed by atoms with Gasteiger partial charge in [0.15, 0.2) is 6.10 Å². The van der Waals surface area contributed by atoms with E-state index in [1.807, 2.05) is 7.05 Å². The molecule has 2 aliphatic rings. The standard InChI is InChI=1S/C34H63ClN2O6S.ClH/c1-6-8-9-10-11-12-13-14-15-16-17-18-19-21-27(38)42-32-30(40)29(39)31(43-34(32)44-5)28(24(3)35)36-33(41)26-22-25(20-7-2)23-37(26)4;/h24-26,28-32,34,39-40H,6-23H2,1-5H3,(H,36,41);1H/t24-,25+,26+,28+,29+,30-,31+,32+,34+;/m0./s1. The Balaban J connectivity index is 0.0000101. The second-order valence-electron chi connectivity index (χ2n) is 13.2. The number of nitrogens with one attached hydrogen (secondary N) is 1. The molecule has 2 saturated heterocycles. The molecule has 2 aliphatic heterocycles. The number of hydrogen-bond donors (Lipinski definition) is 3. The highest BCUT2D eigenvalue weighted by molar-refractivity contribution is 7.99. The van der Waals surface area contributed by atoms with Crippen LogP contribution in [-0.2, 0) is 19.1 Å². The number of carbonyl (C=O) groups excluding carboxylic acids is 2.